The molecule has 0 radical (unpaired) electrons. The first-order valence-corrected chi connectivity index (χ1v) is 7.47. The minimum absolute atomic E-state index is 0. The molecule has 0 aliphatic rings. The highest BCUT2D eigenvalue weighted by molar-refractivity contribution is 6.31. The molecule has 0 amide bonds. The van der Waals surface area contributed by atoms with E-state index in [2.05, 4.69) is 15.3 Å². The van der Waals surface area contributed by atoms with E-state index in [0.29, 0.717) is 24.5 Å². The van der Waals surface area contributed by atoms with Gasteiger partial charge in [-0.15, -0.1) is 12.4 Å². The van der Waals surface area contributed by atoms with Crippen molar-refractivity contribution in [3.05, 3.63) is 57.9 Å². The van der Waals surface area contributed by atoms with Gasteiger partial charge in [-0.3, -0.25) is 0 Å². The van der Waals surface area contributed by atoms with Gasteiger partial charge in [-0.2, -0.15) is 0 Å². The van der Waals surface area contributed by atoms with E-state index in [1.807, 2.05) is 30.3 Å². The molecule has 0 unspecified atom stereocenters. The zero-order chi connectivity index (χ0) is 16.2. The zero-order valence-electron chi connectivity index (χ0n) is 12.6. The number of rotatable bonds is 6. The number of nitrogens with zero attached hydrogens (tertiary/aromatic N) is 4. The van der Waals surface area contributed by atoms with Crippen molar-refractivity contribution in [3.63, 3.8) is 0 Å². The van der Waals surface area contributed by atoms with Crippen LogP contribution in [0.4, 0.5) is 11.8 Å². The number of halogens is 2. The Bertz CT molecular complexity index is 853. The van der Waals surface area contributed by atoms with Gasteiger partial charge in [-0.25, -0.2) is 9.55 Å². The van der Waals surface area contributed by atoms with E-state index in [-0.39, 0.29) is 18.4 Å². The first-order valence-electron chi connectivity index (χ1n) is 7.09. The third-order valence-electron chi connectivity index (χ3n) is 3.39. The van der Waals surface area contributed by atoms with Gasteiger partial charge in [0.05, 0.1) is 12.1 Å². The number of anilines is 1. The summed E-state index contributed by atoms with van der Waals surface area (Å²) in [6.07, 6.45) is 3.75. The van der Waals surface area contributed by atoms with Gasteiger partial charge in [-0.1, -0.05) is 22.7 Å². The molecule has 0 aliphatic carbocycles. The number of pyridine rings is 1. The molecular formula is C15H15Cl2N5O2. The fourth-order valence-corrected chi connectivity index (χ4v) is 2.47. The number of nitrogens with one attached hydrogen (secondary N) is 1. The van der Waals surface area contributed by atoms with E-state index >= 15 is 0 Å². The minimum atomic E-state index is -0.484. The Morgan fingerprint density at radius 3 is 2.88 bits per heavy atom. The number of nitro groups is 1. The molecule has 1 aromatic carbocycles. The fraction of sp³-hybridized carbons (Fsp3) is 0.200. The average molecular weight is 368 g/mol. The first kappa shape index (κ1) is 18.0. The van der Waals surface area contributed by atoms with E-state index in [1.54, 1.807) is 6.20 Å². The van der Waals surface area contributed by atoms with Crippen LogP contribution in [0.5, 0.6) is 0 Å². The summed E-state index contributed by atoms with van der Waals surface area (Å²) in [6, 6.07) is 9.44. The predicted octanol–water partition coefficient (Wildman–Crippen LogP) is 3.92. The summed E-state index contributed by atoms with van der Waals surface area (Å²) in [7, 11) is 0. The van der Waals surface area contributed by atoms with Crippen LogP contribution in [0, 0.1) is 10.1 Å². The lowest BCUT2D eigenvalue weighted by atomic mass is 10.2. The Morgan fingerprint density at radius 1 is 1.29 bits per heavy atom. The number of aryl methyl sites for hydroxylation is 1. The molecule has 1 N–H and O–H groups in total. The molecule has 0 saturated heterocycles. The average Bonchev–Trinajstić information content (AvgIpc) is 3.00. The van der Waals surface area contributed by atoms with Crippen molar-refractivity contribution in [1.82, 2.24) is 14.5 Å². The molecule has 3 rings (SSSR count). The standard InChI is InChI=1S/C15H14ClN5O2.ClH/c16-12-4-2-11-3-5-14(19-13(11)10-12)17-6-1-8-20-9-7-18-15(20)21(22)23;/h2-5,7,9-10H,1,6,8H2,(H,17,19);1H. The lowest BCUT2D eigenvalue weighted by Gasteiger charge is -2.07. The highest BCUT2D eigenvalue weighted by Gasteiger charge is 2.12. The van der Waals surface area contributed by atoms with E-state index in [4.69, 9.17) is 11.6 Å². The third kappa shape index (κ3) is 4.12. The van der Waals surface area contributed by atoms with E-state index in [9.17, 15) is 10.1 Å². The Kier molecular flexibility index (Phi) is 5.94. The molecule has 0 bridgehead atoms. The smallest absolute Gasteiger partial charge is 0.390 e. The second kappa shape index (κ2) is 7.94. The maximum Gasteiger partial charge on any atom is 0.434 e. The second-order valence-corrected chi connectivity index (χ2v) is 5.43. The van der Waals surface area contributed by atoms with Crippen LogP contribution in [0.3, 0.4) is 0 Å². The molecule has 3 aromatic rings. The first-order chi connectivity index (χ1) is 11.1. The molecule has 2 aromatic heterocycles. The number of hydrogen-bond acceptors (Lipinski definition) is 5. The normalized spacial score (nSPS) is 10.4. The van der Waals surface area contributed by atoms with Crippen molar-refractivity contribution in [2.24, 2.45) is 0 Å². The molecule has 0 atom stereocenters. The van der Waals surface area contributed by atoms with Gasteiger partial charge in [-0.05, 0) is 35.6 Å². The van der Waals surface area contributed by atoms with Gasteiger partial charge in [0.25, 0.3) is 0 Å². The Labute approximate surface area is 149 Å². The predicted molar refractivity (Wildman–Crippen MR) is 96.0 cm³/mol. The van der Waals surface area contributed by atoms with Crippen LogP contribution in [-0.2, 0) is 6.54 Å². The van der Waals surface area contributed by atoms with Gasteiger partial charge in [0.2, 0.25) is 0 Å². The molecule has 2 heterocycles. The molecule has 9 heteroatoms. The highest BCUT2D eigenvalue weighted by Crippen LogP contribution is 2.19. The largest absolute Gasteiger partial charge is 0.434 e. The lowest BCUT2D eigenvalue weighted by molar-refractivity contribution is -0.396. The van der Waals surface area contributed by atoms with Crippen molar-refractivity contribution < 1.29 is 4.92 Å². The fourth-order valence-electron chi connectivity index (χ4n) is 2.30. The number of fused-ring (bicyclic) bond motifs is 1. The minimum Gasteiger partial charge on any atom is -0.390 e. The summed E-state index contributed by atoms with van der Waals surface area (Å²) in [6.45, 7) is 1.16. The van der Waals surface area contributed by atoms with Crippen LogP contribution in [0.1, 0.15) is 6.42 Å². The van der Waals surface area contributed by atoms with Crippen LogP contribution >= 0.6 is 24.0 Å². The maximum atomic E-state index is 10.8. The van der Waals surface area contributed by atoms with E-state index in [1.165, 1.54) is 10.8 Å². The summed E-state index contributed by atoms with van der Waals surface area (Å²) >= 11 is 5.97. The van der Waals surface area contributed by atoms with Crippen molar-refractivity contribution in [1.29, 1.82) is 0 Å². The molecule has 7 nitrogen and oxygen atoms in total. The molecule has 0 spiro atoms. The van der Waals surface area contributed by atoms with E-state index < -0.39 is 4.92 Å². The monoisotopic (exact) mass is 367 g/mol. The number of aromatic nitrogens is 3. The molecule has 126 valence electrons. The number of imidazole rings is 1. The maximum absolute atomic E-state index is 10.8. The summed E-state index contributed by atoms with van der Waals surface area (Å²) in [4.78, 5) is 18.5. The van der Waals surface area contributed by atoms with Crippen molar-refractivity contribution in [2.75, 3.05) is 11.9 Å². The second-order valence-electron chi connectivity index (χ2n) is 4.99. The van der Waals surface area contributed by atoms with Crippen LogP contribution in [0.25, 0.3) is 10.9 Å². The molecule has 24 heavy (non-hydrogen) atoms. The summed E-state index contributed by atoms with van der Waals surface area (Å²) in [5, 5.41) is 15.7. The summed E-state index contributed by atoms with van der Waals surface area (Å²) in [5.74, 6) is 0.614. The lowest BCUT2D eigenvalue weighted by Crippen LogP contribution is -2.09. The van der Waals surface area contributed by atoms with Gasteiger partial charge in [0.15, 0.2) is 0 Å². The number of hydrogen-bond donors (Lipinski definition) is 1. The third-order valence-corrected chi connectivity index (χ3v) is 3.63. The highest BCUT2D eigenvalue weighted by atomic mass is 35.5. The van der Waals surface area contributed by atoms with Crippen molar-refractivity contribution in [3.8, 4) is 0 Å². The van der Waals surface area contributed by atoms with Crippen LogP contribution < -0.4 is 5.32 Å². The SMILES string of the molecule is Cl.O=[N+]([O-])c1nccn1CCCNc1ccc2ccc(Cl)cc2n1. The van der Waals surface area contributed by atoms with Gasteiger partial charge in [0, 0.05) is 17.0 Å². The summed E-state index contributed by atoms with van der Waals surface area (Å²) < 4.78 is 1.52. The van der Waals surface area contributed by atoms with Crippen molar-refractivity contribution >= 4 is 46.7 Å². The topological polar surface area (TPSA) is 85.9 Å². The van der Waals surface area contributed by atoms with E-state index in [0.717, 1.165) is 16.7 Å². The Hall–Kier alpha value is -2.38. The Morgan fingerprint density at radius 2 is 2.08 bits per heavy atom. The Balaban J connectivity index is 0.00000208. The summed E-state index contributed by atoms with van der Waals surface area (Å²) in [5.41, 5.74) is 0.827. The van der Waals surface area contributed by atoms with Crippen LogP contribution in [-0.4, -0.2) is 26.0 Å². The van der Waals surface area contributed by atoms with Gasteiger partial charge in [0.1, 0.15) is 18.2 Å². The molecule has 0 aliphatic heterocycles. The quantitative estimate of drug-likeness (QED) is 0.405. The van der Waals surface area contributed by atoms with Crippen molar-refractivity contribution in [2.45, 2.75) is 13.0 Å². The zero-order valence-corrected chi connectivity index (χ0v) is 14.1. The van der Waals surface area contributed by atoms with Gasteiger partial charge < -0.3 is 15.4 Å². The van der Waals surface area contributed by atoms with Crippen LogP contribution in [0.15, 0.2) is 42.7 Å². The molecule has 0 saturated carbocycles. The van der Waals surface area contributed by atoms with Crippen LogP contribution in [0.2, 0.25) is 5.02 Å². The number of benzene rings is 1. The molecule has 0 fully saturated rings. The van der Waals surface area contributed by atoms with Gasteiger partial charge >= 0.3 is 5.95 Å². The molecular weight excluding hydrogens is 353 g/mol.